The molecule has 0 spiro atoms. The Balaban J connectivity index is 1.49. The Morgan fingerprint density at radius 3 is 2.56 bits per heavy atom. The average molecular weight is 359 g/mol. The number of carbonyl (C=O) groups is 1. The highest BCUT2D eigenvalue weighted by molar-refractivity contribution is 5.90. The molecule has 0 atom stereocenters. The number of benzene rings is 1. The first-order chi connectivity index (χ1) is 13.0. The van der Waals surface area contributed by atoms with E-state index in [9.17, 15) is 4.79 Å². The lowest BCUT2D eigenvalue weighted by Gasteiger charge is -2.07. The summed E-state index contributed by atoms with van der Waals surface area (Å²) >= 11 is 0. The van der Waals surface area contributed by atoms with E-state index in [1.807, 2.05) is 80.0 Å². The summed E-state index contributed by atoms with van der Waals surface area (Å²) in [5.74, 6) is -0.0997. The molecular weight excluding hydrogens is 338 g/mol. The molecule has 0 aliphatic carbocycles. The minimum atomic E-state index is -0.0997. The van der Waals surface area contributed by atoms with E-state index in [1.54, 1.807) is 4.68 Å². The third-order valence-electron chi connectivity index (χ3n) is 4.54. The normalized spacial score (nSPS) is 11.1. The molecule has 0 saturated heterocycles. The molecule has 6 nitrogen and oxygen atoms in total. The Morgan fingerprint density at radius 1 is 1.11 bits per heavy atom. The Morgan fingerprint density at radius 2 is 1.89 bits per heavy atom. The molecule has 0 unspecified atom stereocenters. The lowest BCUT2D eigenvalue weighted by atomic mass is 10.1. The number of fused-ring (bicyclic) bond motifs is 1. The van der Waals surface area contributed by atoms with Gasteiger partial charge in [-0.1, -0.05) is 18.2 Å². The number of amides is 1. The van der Waals surface area contributed by atoms with Crippen molar-refractivity contribution in [2.24, 2.45) is 0 Å². The molecule has 136 valence electrons. The third kappa shape index (κ3) is 3.46. The van der Waals surface area contributed by atoms with E-state index in [0.717, 1.165) is 39.5 Å². The lowest BCUT2D eigenvalue weighted by Crippen LogP contribution is -2.20. The molecule has 0 fully saturated rings. The Hall–Kier alpha value is -3.41. The van der Waals surface area contributed by atoms with Crippen LogP contribution in [-0.2, 0) is 11.3 Å². The molecule has 6 heteroatoms. The largest absolute Gasteiger partial charge is 0.324 e. The van der Waals surface area contributed by atoms with Crippen LogP contribution in [0.15, 0.2) is 54.9 Å². The van der Waals surface area contributed by atoms with Gasteiger partial charge >= 0.3 is 0 Å². The van der Waals surface area contributed by atoms with E-state index in [0.29, 0.717) is 0 Å². The summed E-state index contributed by atoms with van der Waals surface area (Å²) in [4.78, 5) is 17.0. The number of aryl methyl sites for hydroxylation is 3. The first-order valence-corrected chi connectivity index (χ1v) is 8.85. The number of anilines is 1. The number of pyridine rings is 1. The van der Waals surface area contributed by atoms with Crippen LogP contribution in [0.4, 0.5) is 5.69 Å². The van der Waals surface area contributed by atoms with Crippen molar-refractivity contribution in [3.8, 4) is 11.3 Å². The standard InChI is InChI=1S/C21H21N5O/c1-14-5-4-10-25-12-19(23-21(14)25)17-6-8-18(9-7-17)22-20(27)13-26-16(3)11-15(2)24-26/h4-12H,13H2,1-3H3,(H,22,27). The number of carbonyl (C=O) groups excluding carboxylic acids is 1. The highest BCUT2D eigenvalue weighted by Gasteiger charge is 2.09. The number of hydrogen-bond donors (Lipinski definition) is 1. The number of hydrogen-bond acceptors (Lipinski definition) is 3. The molecule has 27 heavy (non-hydrogen) atoms. The summed E-state index contributed by atoms with van der Waals surface area (Å²) in [5, 5.41) is 7.23. The van der Waals surface area contributed by atoms with Crippen molar-refractivity contribution in [1.29, 1.82) is 0 Å². The lowest BCUT2D eigenvalue weighted by molar-refractivity contribution is -0.116. The Kier molecular flexibility index (Phi) is 4.24. The molecular formula is C21H21N5O. The predicted octanol–water partition coefficient (Wildman–Crippen LogP) is 3.76. The van der Waals surface area contributed by atoms with Crippen molar-refractivity contribution in [3.05, 3.63) is 71.8 Å². The highest BCUT2D eigenvalue weighted by Crippen LogP contribution is 2.22. The monoisotopic (exact) mass is 359 g/mol. The molecule has 1 N–H and O–H groups in total. The van der Waals surface area contributed by atoms with Crippen LogP contribution in [0.25, 0.3) is 16.9 Å². The van der Waals surface area contributed by atoms with Crippen LogP contribution < -0.4 is 5.32 Å². The summed E-state index contributed by atoms with van der Waals surface area (Å²) in [6, 6.07) is 13.7. The smallest absolute Gasteiger partial charge is 0.246 e. The van der Waals surface area contributed by atoms with E-state index in [1.165, 1.54) is 0 Å². The van der Waals surface area contributed by atoms with Crippen LogP contribution >= 0.6 is 0 Å². The number of nitrogens with one attached hydrogen (secondary N) is 1. The topological polar surface area (TPSA) is 64.2 Å². The number of imidazole rings is 1. The van der Waals surface area contributed by atoms with Gasteiger partial charge in [-0.05, 0) is 50.6 Å². The van der Waals surface area contributed by atoms with Gasteiger partial charge in [-0.2, -0.15) is 5.10 Å². The molecule has 0 aliphatic heterocycles. The van der Waals surface area contributed by atoms with Crippen molar-refractivity contribution < 1.29 is 4.79 Å². The Bertz CT molecular complexity index is 1120. The second-order valence-corrected chi connectivity index (χ2v) is 6.76. The van der Waals surface area contributed by atoms with E-state index >= 15 is 0 Å². The van der Waals surface area contributed by atoms with Gasteiger partial charge in [0.05, 0.1) is 11.4 Å². The van der Waals surface area contributed by atoms with Gasteiger partial charge in [-0.3, -0.25) is 9.48 Å². The second kappa shape index (κ2) is 6.72. The number of rotatable bonds is 4. The van der Waals surface area contributed by atoms with Gasteiger partial charge in [0.25, 0.3) is 0 Å². The van der Waals surface area contributed by atoms with Crippen molar-refractivity contribution >= 4 is 17.2 Å². The van der Waals surface area contributed by atoms with Crippen LogP contribution in [0.2, 0.25) is 0 Å². The SMILES string of the molecule is Cc1cc(C)n(CC(=O)Nc2ccc(-c3cn4cccc(C)c4n3)cc2)n1. The molecule has 3 heterocycles. The first kappa shape index (κ1) is 17.0. The van der Waals surface area contributed by atoms with Crippen molar-refractivity contribution in [2.75, 3.05) is 5.32 Å². The van der Waals surface area contributed by atoms with Gasteiger partial charge in [0, 0.05) is 29.3 Å². The maximum absolute atomic E-state index is 12.3. The highest BCUT2D eigenvalue weighted by atomic mass is 16.2. The minimum Gasteiger partial charge on any atom is -0.324 e. The fourth-order valence-electron chi connectivity index (χ4n) is 3.19. The fraction of sp³-hybridized carbons (Fsp3) is 0.190. The maximum Gasteiger partial charge on any atom is 0.246 e. The quantitative estimate of drug-likeness (QED) is 0.603. The summed E-state index contributed by atoms with van der Waals surface area (Å²) in [6.45, 7) is 6.11. The molecule has 1 amide bonds. The Labute approximate surface area is 157 Å². The van der Waals surface area contributed by atoms with Crippen molar-refractivity contribution in [1.82, 2.24) is 19.2 Å². The van der Waals surface area contributed by atoms with Gasteiger partial charge in [0.15, 0.2) is 0 Å². The van der Waals surface area contributed by atoms with Crippen LogP contribution in [0.1, 0.15) is 17.0 Å². The zero-order valence-corrected chi connectivity index (χ0v) is 15.6. The van der Waals surface area contributed by atoms with Crippen molar-refractivity contribution in [2.45, 2.75) is 27.3 Å². The number of nitrogens with zero attached hydrogens (tertiary/aromatic N) is 4. The van der Waals surface area contributed by atoms with Gasteiger partial charge in [0.2, 0.25) is 5.91 Å². The summed E-state index contributed by atoms with van der Waals surface area (Å²) in [7, 11) is 0. The molecule has 4 aromatic rings. The third-order valence-corrected chi connectivity index (χ3v) is 4.54. The number of aromatic nitrogens is 4. The molecule has 0 radical (unpaired) electrons. The van der Waals surface area contributed by atoms with Crippen LogP contribution in [0.3, 0.4) is 0 Å². The molecule has 0 aliphatic rings. The van der Waals surface area contributed by atoms with E-state index in [2.05, 4.69) is 10.4 Å². The van der Waals surface area contributed by atoms with E-state index < -0.39 is 0 Å². The maximum atomic E-state index is 12.3. The van der Waals surface area contributed by atoms with E-state index in [4.69, 9.17) is 4.98 Å². The molecule has 1 aromatic carbocycles. The van der Waals surface area contributed by atoms with Gasteiger partial charge < -0.3 is 9.72 Å². The van der Waals surface area contributed by atoms with Crippen LogP contribution in [0, 0.1) is 20.8 Å². The van der Waals surface area contributed by atoms with E-state index in [-0.39, 0.29) is 12.5 Å². The second-order valence-electron chi connectivity index (χ2n) is 6.76. The molecule has 0 saturated carbocycles. The summed E-state index contributed by atoms with van der Waals surface area (Å²) in [5.41, 5.74) is 6.64. The zero-order chi connectivity index (χ0) is 19.0. The van der Waals surface area contributed by atoms with Crippen LogP contribution in [-0.4, -0.2) is 25.1 Å². The summed E-state index contributed by atoms with van der Waals surface area (Å²) < 4.78 is 3.73. The minimum absolute atomic E-state index is 0.0997. The van der Waals surface area contributed by atoms with Crippen LogP contribution in [0.5, 0.6) is 0 Å². The molecule has 4 rings (SSSR count). The van der Waals surface area contributed by atoms with Gasteiger partial charge in [-0.15, -0.1) is 0 Å². The average Bonchev–Trinajstić information content (AvgIpc) is 3.20. The first-order valence-electron chi connectivity index (χ1n) is 8.85. The summed E-state index contributed by atoms with van der Waals surface area (Å²) in [6.07, 6.45) is 4.01. The molecule has 3 aromatic heterocycles. The zero-order valence-electron chi connectivity index (χ0n) is 15.6. The van der Waals surface area contributed by atoms with Gasteiger partial charge in [-0.25, -0.2) is 4.98 Å². The fourth-order valence-corrected chi connectivity index (χ4v) is 3.19. The predicted molar refractivity (Wildman–Crippen MR) is 106 cm³/mol. The molecule has 0 bridgehead atoms. The van der Waals surface area contributed by atoms with Gasteiger partial charge in [0.1, 0.15) is 12.2 Å². The van der Waals surface area contributed by atoms with Crippen molar-refractivity contribution in [3.63, 3.8) is 0 Å².